The molecule has 1 fully saturated rings. The highest BCUT2D eigenvalue weighted by molar-refractivity contribution is 6.91. The molecule has 1 heterocycles. The van der Waals surface area contributed by atoms with Gasteiger partial charge in [0.2, 0.25) is 0 Å². The van der Waals surface area contributed by atoms with Gasteiger partial charge in [0.1, 0.15) is 0 Å². The van der Waals surface area contributed by atoms with E-state index in [1.54, 1.807) is 5.19 Å². The van der Waals surface area contributed by atoms with Crippen molar-refractivity contribution in [3.63, 3.8) is 0 Å². The Hall–Kier alpha value is -0.963. The van der Waals surface area contributed by atoms with Gasteiger partial charge in [-0.15, -0.1) is 0 Å². The highest BCUT2D eigenvalue weighted by Gasteiger charge is 2.50. The maximum absolute atomic E-state index is 4.44. The van der Waals surface area contributed by atoms with Crippen LogP contribution in [0.2, 0.25) is 18.6 Å². The first-order valence-corrected chi connectivity index (χ1v) is 9.23. The molecule has 0 N–H and O–H groups in total. The quantitative estimate of drug-likeness (QED) is 0.698. The van der Waals surface area contributed by atoms with Crippen LogP contribution in [0.25, 0.3) is 0 Å². The molecule has 0 spiro atoms. The lowest BCUT2D eigenvalue weighted by Gasteiger charge is -2.31. The van der Waals surface area contributed by atoms with Crippen molar-refractivity contribution in [3.8, 4) is 0 Å². The third-order valence-electron chi connectivity index (χ3n) is 4.30. The summed E-state index contributed by atoms with van der Waals surface area (Å²) in [5.41, 5.74) is 0.745. The van der Waals surface area contributed by atoms with E-state index >= 15 is 0 Å². The predicted molar refractivity (Wildman–Crippen MR) is 69.0 cm³/mol. The predicted octanol–water partition coefficient (Wildman–Crippen LogP) is 2.97. The van der Waals surface area contributed by atoms with Crippen molar-refractivity contribution in [2.75, 3.05) is 0 Å². The van der Waals surface area contributed by atoms with Crippen molar-refractivity contribution in [1.82, 2.24) is 0 Å². The van der Waals surface area contributed by atoms with Crippen LogP contribution in [0, 0.1) is 0 Å². The number of rotatable bonds is 2. The van der Waals surface area contributed by atoms with Crippen LogP contribution in [-0.4, -0.2) is 20.2 Å². The first-order valence-electron chi connectivity index (χ1n) is 6.15. The Balaban J connectivity index is 1.95. The van der Waals surface area contributed by atoms with Gasteiger partial charge >= 0.3 is 0 Å². The Morgan fingerprint density at radius 1 is 1.00 bits per heavy atom. The summed E-state index contributed by atoms with van der Waals surface area (Å²) in [5, 5.41) is 10.4. The SMILES string of the molecule is C[Si](C)(c1ccccc1)C1[C@@H]2CC[C@H]1N=N2. The van der Waals surface area contributed by atoms with E-state index in [9.17, 15) is 0 Å². The summed E-state index contributed by atoms with van der Waals surface area (Å²) in [5.74, 6) is 0. The normalized spacial score (nSPS) is 32.2. The summed E-state index contributed by atoms with van der Waals surface area (Å²) in [6, 6.07) is 12.1. The van der Waals surface area contributed by atoms with Gasteiger partial charge in [-0.25, -0.2) is 0 Å². The fourth-order valence-corrected chi connectivity index (χ4v) is 7.24. The van der Waals surface area contributed by atoms with Crippen LogP contribution in [0.4, 0.5) is 0 Å². The summed E-state index contributed by atoms with van der Waals surface area (Å²) in [7, 11) is -1.40. The zero-order valence-corrected chi connectivity index (χ0v) is 10.9. The maximum atomic E-state index is 4.44. The van der Waals surface area contributed by atoms with E-state index in [4.69, 9.17) is 0 Å². The standard InChI is InChI=1S/C13H18N2Si/c1-16(2,10-6-4-3-5-7-10)13-11-8-9-12(13)15-14-11/h3-7,11-13H,8-9H2,1-2H3/t11-,12+,13?. The lowest BCUT2D eigenvalue weighted by Crippen LogP contribution is -2.49. The minimum atomic E-state index is -1.40. The molecule has 2 bridgehead atoms. The van der Waals surface area contributed by atoms with Crippen LogP contribution < -0.4 is 5.19 Å². The van der Waals surface area contributed by atoms with E-state index in [2.05, 4.69) is 53.7 Å². The number of nitrogens with zero attached hydrogens (tertiary/aromatic N) is 2. The smallest absolute Gasteiger partial charge is 0.0882 e. The first-order chi connectivity index (χ1) is 7.69. The monoisotopic (exact) mass is 230 g/mol. The molecule has 2 aliphatic rings. The second-order valence-corrected chi connectivity index (χ2v) is 10.2. The summed E-state index contributed by atoms with van der Waals surface area (Å²) in [4.78, 5) is 0. The second-order valence-electron chi connectivity index (χ2n) is 5.56. The van der Waals surface area contributed by atoms with Gasteiger partial charge in [-0.05, 0) is 12.8 Å². The zero-order chi connectivity index (χ0) is 11.2. The Kier molecular flexibility index (Phi) is 2.25. The average Bonchev–Trinajstić information content (AvgIpc) is 2.90. The molecule has 84 valence electrons. The molecule has 1 unspecified atom stereocenters. The first kappa shape index (κ1) is 10.2. The molecular formula is C13H18N2Si. The molecule has 2 nitrogen and oxygen atoms in total. The number of benzene rings is 1. The van der Waals surface area contributed by atoms with E-state index in [0.29, 0.717) is 12.1 Å². The second kappa shape index (κ2) is 3.52. The molecule has 0 radical (unpaired) electrons. The van der Waals surface area contributed by atoms with E-state index < -0.39 is 8.07 Å². The van der Waals surface area contributed by atoms with E-state index in [1.165, 1.54) is 12.8 Å². The highest BCUT2D eigenvalue weighted by atomic mass is 28.3. The molecule has 0 aromatic heterocycles. The molecule has 1 saturated carbocycles. The van der Waals surface area contributed by atoms with Gasteiger partial charge in [0.25, 0.3) is 0 Å². The van der Waals surface area contributed by atoms with Crippen molar-refractivity contribution in [2.24, 2.45) is 10.2 Å². The van der Waals surface area contributed by atoms with Gasteiger partial charge in [0, 0.05) is 5.54 Å². The largest absolute Gasteiger partial charge is 0.190 e. The van der Waals surface area contributed by atoms with Crippen LogP contribution in [0.3, 0.4) is 0 Å². The van der Waals surface area contributed by atoms with Gasteiger partial charge in [-0.2, -0.15) is 10.2 Å². The Labute approximate surface area is 97.8 Å². The molecule has 1 aliphatic carbocycles. The highest BCUT2D eigenvalue weighted by Crippen LogP contribution is 2.47. The molecule has 1 aliphatic heterocycles. The third-order valence-corrected chi connectivity index (χ3v) is 8.56. The summed E-state index contributed by atoms with van der Waals surface area (Å²) >= 11 is 0. The van der Waals surface area contributed by atoms with Crippen molar-refractivity contribution in [3.05, 3.63) is 30.3 Å². The van der Waals surface area contributed by atoms with E-state index in [-0.39, 0.29) is 0 Å². The van der Waals surface area contributed by atoms with Crippen molar-refractivity contribution in [2.45, 2.75) is 43.6 Å². The van der Waals surface area contributed by atoms with Gasteiger partial charge in [0.05, 0.1) is 20.2 Å². The van der Waals surface area contributed by atoms with E-state index in [0.717, 1.165) is 5.54 Å². The van der Waals surface area contributed by atoms with Crippen molar-refractivity contribution in [1.29, 1.82) is 0 Å². The van der Waals surface area contributed by atoms with Crippen LogP contribution in [-0.2, 0) is 0 Å². The van der Waals surface area contributed by atoms with Gasteiger partial charge in [-0.1, -0.05) is 48.6 Å². The molecular weight excluding hydrogens is 212 g/mol. The average molecular weight is 230 g/mol. The molecule has 3 atom stereocenters. The molecule has 0 saturated heterocycles. The van der Waals surface area contributed by atoms with Gasteiger partial charge in [-0.3, -0.25) is 0 Å². The molecule has 16 heavy (non-hydrogen) atoms. The summed E-state index contributed by atoms with van der Waals surface area (Å²) in [6.45, 7) is 4.96. The van der Waals surface area contributed by atoms with Crippen LogP contribution in [0.1, 0.15) is 12.8 Å². The lowest BCUT2D eigenvalue weighted by atomic mass is 10.2. The minimum Gasteiger partial charge on any atom is -0.190 e. The maximum Gasteiger partial charge on any atom is 0.0882 e. The molecule has 0 amide bonds. The number of hydrogen-bond donors (Lipinski definition) is 0. The van der Waals surface area contributed by atoms with Gasteiger partial charge < -0.3 is 0 Å². The lowest BCUT2D eigenvalue weighted by molar-refractivity contribution is 0.643. The number of azo groups is 1. The Morgan fingerprint density at radius 3 is 2.06 bits per heavy atom. The topological polar surface area (TPSA) is 24.7 Å². The number of hydrogen-bond acceptors (Lipinski definition) is 2. The van der Waals surface area contributed by atoms with Crippen molar-refractivity contribution >= 4 is 13.3 Å². The summed E-state index contributed by atoms with van der Waals surface area (Å²) < 4.78 is 0. The Bertz CT molecular complexity index is 399. The van der Waals surface area contributed by atoms with Gasteiger partial charge in [0.15, 0.2) is 0 Å². The molecule has 1 aromatic rings. The van der Waals surface area contributed by atoms with Crippen LogP contribution in [0.5, 0.6) is 0 Å². The number of fused-ring (bicyclic) bond motifs is 2. The van der Waals surface area contributed by atoms with Crippen LogP contribution >= 0.6 is 0 Å². The molecule has 3 rings (SSSR count). The summed E-state index contributed by atoms with van der Waals surface area (Å²) in [6.07, 6.45) is 2.53. The molecule has 1 aromatic carbocycles. The zero-order valence-electron chi connectivity index (χ0n) is 9.93. The van der Waals surface area contributed by atoms with Crippen molar-refractivity contribution < 1.29 is 0 Å². The third kappa shape index (κ3) is 1.38. The molecule has 3 heteroatoms. The van der Waals surface area contributed by atoms with E-state index in [1.807, 2.05) is 0 Å². The van der Waals surface area contributed by atoms with Crippen LogP contribution in [0.15, 0.2) is 40.6 Å². The fourth-order valence-electron chi connectivity index (χ4n) is 3.41. The Morgan fingerprint density at radius 2 is 1.56 bits per heavy atom. The minimum absolute atomic E-state index is 0.534. The fraction of sp³-hybridized carbons (Fsp3) is 0.538.